The topological polar surface area (TPSA) is 40.5 Å². The lowest BCUT2D eigenvalue weighted by atomic mass is 10.1. The van der Waals surface area contributed by atoms with Gasteiger partial charge in [0.15, 0.2) is 0 Å². The second-order valence-electron chi connectivity index (χ2n) is 2.99. The van der Waals surface area contributed by atoms with E-state index in [1.165, 1.54) is 0 Å². The van der Waals surface area contributed by atoms with Crippen molar-refractivity contribution < 1.29 is 10.2 Å². The molecule has 0 atom stereocenters. The van der Waals surface area contributed by atoms with Gasteiger partial charge in [0, 0.05) is 11.6 Å². The molecule has 76 valence electrons. The molecule has 2 nitrogen and oxygen atoms in total. The molecule has 0 aliphatic rings. The van der Waals surface area contributed by atoms with Gasteiger partial charge in [-0.15, -0.1) is 0 Å². The van der Waals surface area contributed by atoms with Gasteiger partial charge in [0.1, 0.15) is 0 Å². The van der Waals surface area contributed by atoms with Gasteiger partial charge in [0.25, 0.3) is 0 Å². The van der Waals surface area contributed by atoms with Crippen molar-refractivity contribution in [2.24, 2.45) is 0 Å². The Morgan fingerprint density at radius 3 is 2.36 bits per heavy atom. The first kappa shape index (κ1) is 11.2. The number of hydrogen-bond donors (Lipinski definition) is 2. The Morgan fingerprint density at radius 1 is 1.21 bits per heavy atom. The average molecular weight is 213 g/mol. The van der Waals surface area contributed by atoms with Crippen molar-refractivity contribution in [2.45, 2.75) is 6.42 Å². The number of rotatable bonds is 4. The van der Waals surface area contributed by atoms with E-state index in [0.29, 0.717) is 11.4 Å². The summed E-state index contributed by atoms with van der Waals surface area (Å²) in [4.78, 5) is 0. The minimum absolute atomic E-state index is 0.0246. The van der Waals surface area contributed by atoms with Crippen LogP contribution in [-0.4, -0.2) is 23.4 Å². The summed E-state index contributed by atoms with van der Waals surface area (Å²) in [5.74, 6) is 0. The fraction of sp³-hybridized carbons (Fsp3) is 0.273. The first-order valence-electron chi connectivity index (χ1n) is 4.43. The minimum atomic E-state index is -0.0246. The van der Waals surface area contributed by atoms with E-state index in [1.54, 1.807) is 12.1 Å². The van der Waals surface area contributed by atoms with E-state index in [4.69, 9.17) is 21.8 Å². The van der Waals surface area contributed by atoms with Crippen LogP contribution in [0.1, 0.15) is 12.0 Å². The Kier molecular flexibility index (Phi) is 4.66. The van der Waals surface area contributed by atoms with Crippen LogP contribution >= 0.6 is 11.6 Å². The van der Waals surface area contributed by atoms with E-state index in [2.05, 4.69) is 0 Å². The summed E-state index contributed by atoms with van der Waals surface area (Å²) in [6.07, 6.45) is 2.35. The number of hydrogen-bond acceptors (Lipinski definition) is 2. The van der Waals surface area contributed by atoms with Gasteiger partial charge >= 0.3 is 0 Å². The van der Waals surface area contributed by atoms with Crippen LogP contribution in [0.3, 0.4) is 0 Å². The Labute approximate surface area is 88.5 Å². The van der Waals surface area contributed by atoms with Gasteiger partial charge in [0.05, 0.1) is 6.61 Å². The minimum Gasteiger partial charge on any atom is -0.396 e. The van der Waals surface area contributed by atoms with Crippen LogP contribution in [0.4, 0.5) is 0 Å². The number of aliphatic hydroxyl groups is 2. The molecule has 0 fully saturated rings. The van der Waals surface area contributed by atoms with Gasteiger partial charge < -0.3 is 10.2 Å². The highest BCUT2D eigenvalue weighted by Gasteiger charge is 1.95. The van der Waals surface area contributed by atoms with Crippen LogP contribution < -0.4 is 0 Å². The van der Waals surface area contributed by atoms with E-state index < -0.39 is 0 Å². The summed E-state index contributed by atoms with van der Waals surface area (Å²) in [5.41, 5.74) is 1.79. The predicted molar refractivity (Wildman–Crippen MR) is 58.2 cm³/mol. The number of benzene rings is 1. The quantitative estimate of drug-likeness (QED) is 0.803. The second kappa shape index (κ2) is 5.81. The van der Waals surface area contributed by atoms with Crippen molar-refractivity contribution in [2.75, 3.05) is 13.2 Å². The lowest BCUT2D eigenvalue weighted by molar-refractivity contribution is 0.279. The molecular weight excluding hydrogens is 200 g/mol. The van der Waals surface area contributed by atoms with E-state index in [9.17, 15) is 0 Å². The number of halogens is 1. The van der Waals surface area contributed by atoms with Gasteiger partial charge in [0.2, 0.25) is 0 Å². The Morgan fingerprint density at radius 2 is 1.86 bits per heavy atom. The maximum atomic E-state index is 8.97. The summed E-state index contributed by atoms with van der Waals surface area (Å²) in [5, 5.41) is 18.4. The van der Waals surface area contributed by atoms with Crippen molar-refractivity contribution in [1.29, 1.82) is 0 Å². The van der Waals surface area contributed by atoms with Gasteiger partial charge in [-0.2, -0.15) is 0 Å². The molecule has 0 aromatic heterocycles. The summed E-state index contributed by atoms with van der Waals surface area (Å²) in [6.45, 7) is 0.0309. The lowest BCUT2D eigenvalue weighted by Crippen LogP contribution is -1.93. The highest BCUT2D eigenvalue weighted by molar-refractivity contribution is 6.30. The zero-order chi connectivity index (χ0) is 10.4. The molecule has 0 unspecified atom stereocenters. The third-order valence-corrected chi connectivity index (χ3v) is 2.13. The van der Waals surface area contributed by atoms with Crippen molar-refractivity contribution in [3.8, 4) is 0 Å². The summed E-state index contributed by atoms with van der Waals surface area (Å²) < 4.78 is 0. The van der Waals surface area contributed by atoms with Crippen LogP contribution in [0.25, 0.3) is 6.08 Å². The van der Waals surface area contributed by atoms with Gasteiger partial charge in [-0.05, 0) is 29.7 Å². The monoisotopic (exact) mass is 212 g/mol. The third kappa shape index (κ3) is 3.50. The maximum absolute atomic E-state index is 8.97. The first-order chi connectivity index (χ1) is 6.76. The van der Waals surface area contributed by atoms with Crippen molar-refractivity contribution in [3.05, 3.63) is 40.4 Å². The standard InChI is InChI=1S/C11H13ClO2/c12-11-3-1-9(2-4-11)7-10(8-14)5-6-13/h1-4,7,13-14H,5-6,8H2/b10-7+. The molecule has 3 heteroatoms. The fourth-order valence-corrected chi connectivity index (χ4v) is 1.26. The Balaban J connectivity index is 2.78. The fourth-order valence-electron chi connectivity index (χ4n) is 1.14. The van der Waals surface area contributed by atoms with Crippen LogP contribution in [0.5, 0.6) is 0 Å². The van der Waals surface area contributed by atoms with E-state index in [1.807, 2.05) is 18.2 Å². The molecular formula is C11H13ClO2. The molecule has 0 saturated carbocycles. The predicted octanol–water partition coefficient (Wildman–Crippen LogP) is 2.10. The van der Waals surface area contributed by atoms with Crippen LogP contribution in [0, 0.1) is 0 Å². The SMILES string of the molecule is OCC/C(=C\c1ccc(Cl)cc1)CO. The second-order valence-corrected chi connectivity index (χ2v) is 3.42. The first-order valence-corrected chi connectivity index (χ1v) is 4.81. The smallest absolute Gasteiger partial charge is 0.0645 e. The van der Waals surface area contributed by atoms with E-state index in [-0.39, 0.29) is 13.2 Å². The van der Waals surface area contributed by atoms with Crippen LogP contribution in [0.2, 0.25) is 5.02 Å². The molecule has 1 aromatic carbocycles. The lowest BCUT2D eigenvalue weighted by Gasteiger charge is -2.01. The molecule has 0 aliphatic heterocycles. The molecule has 14 heavy (non-hydrogen) atoms. The molecule has 1 aromatic rings. The third-order valence-electron chi connectivity index (χ3n) is 1.88. The molecule has 0 radical (unpaired) electrons. The Bertz CT molecular complexity index is 304. The summed E-state index contributed by atoms with van der Waals surface area (Å²) >= 11 is 5.73. The van der Waals surface area contributed by atoms with Crippen molar-refractivity contribution >= 4 is 17.7 Å². The van der Waals surface area contributed by atoms with Gasteiger partial charge in [-0.1, -0.05) is 29.8 Å². The van der Waals surface area contributed by atoms with Crippen LogP contribution in [0.15, 0.2) is 29.8 Å². The maximum Gasteiger partial charge on any atom is 0.0645 e. The average Bonchev–Trinajstić information content (AvgIpc) is 2.20. The summed E-state index contributed by atoms with van der Waals surface area (Å²) in [6, 6.07) is 7.33. The number of aliphatic hydroxyl groups excluding tert-OH is 2. The normalized spacial score (nSPS) is 11.8. The molecule has 0 spiro atoms. The molecule has 1 rings (SSSR count). The highest BCUT2D eigenvalue weighted by atomic mass is 35.5. The van der Waals surface area contributed by atoms with Crippen molar-refractivity contribution in [3.63, 3.8) is 0 Å². The molecule has 0 saturated heterocycles. The Hall–Kier alpha value is -0.830. The summed E-state index contributed by atoms with van der Waals surface area (Å²) in [7, 11) is 0. The highest BCUT2D eigenvalue weighted by Crippen LogP contribution is 2.13. The van der Waals surface area contributed by atoms with E-state index >= 15 is 0 Å². The van der Waals surface area contributed by atoms with Crippen molar-refractivity contribution in [1.82, 2.24) is 0 Å². The molecule has 2 N–H and O–H groups in total. The molecule has 0 amide bonds. The molecule has 0 heterocycles. The molecule has 0 aliphatic carbocycles. The van der Waals surface area contributed by atoms with Gasteiger partial charge in [-0.3, -0.25) is 0 Å². The van der Waals surface area contributed by atoms with Gasteiger partial charge in [-0.25, -0.2) is 0 Å². The largest absolute Gasteiger partial charge is 0.396 e. The molecule has 0 bridgehead atoms. The zero-order valence-corrected chi connectivity index (χ0v) is 8.54. The van der Waals surface area contributed by atoms with E-state index in [0.717, 1.165) is 11.1 Å². The zero-order valence-electron chi connectivity index (χ0n) is 7.78. The van der Waals surface area contributed by atoms with Crippen LogP contribution in [-0.2, 0) is 0 Å².